The van der Waals surface area contributed by atoms with E-state index in [-0.39, 0.29) is 5.57 Å². The van der Waals surface area contributed by atoms with Gasteiger partial charge in [-0.1, -0.05) is 44.0 Å². The van der Waals surface area contributed by atoms with Crippen LogP contribution in [0, 0.1) is 22.7 Å². The molecule has 0 N–H and O–H groups in total. The van der Waals surface area contributed by atoms with Gasteiger partial charge in [0.1, 0.15) is 17.7 Å². The Balaban J connectivity index is 2.47. The number of hydrogen-bond acceptors (Lipinski definition) is 2. The fourth-order valence-electron chi connectivity index (χ4n) is 2.47. The van der Waals surface area contributed by atoms with E-state index in [0.717, 1.165) is 31.2 Å². The zero-order valence-corrected chi connectivity index (χ0v) is 13.3. The molecular formula is C16H6Br2N2. The standard InChI is InChI=1S/C16H6Br2N2/c17-10-1-3-12-13-4-2-11(18)6-15(13)16(14(12)5-10)9(7-19)8-20/h1-6H. The number of benzene rings is 2. The number of rotatable bonds is 0. The van der Waals surface area contributed by atoms with E-state index in [2.05, 4.69) is 31.9 Å². The molecule has 2 aromatic carbocycles. The second-order valence-electron chi connectivity index (χ2n) is 4.35. The Bertz CT molecular complexity index is 782. The molecule has 0 atom stereocenters. The lowest BCUT2D eigenvalue weighted by molar-refractivity contribution is 1.46. The number of halogens is 2. The van der Waals surface area contributed by atoms with Gasteiger partial charge in [0.25, 0.3) is 0 Å². The Morgan fingerprint density at radius 3 is 1.60 bits per heavy atom. The van der Waals surface area contributed by atoms with E-state index in [4.69, 9.17) is 0 Å². The van der Waals surface area contributed by atoms with Gasteiger partial charge in [-0.05, 0) is 46.5 Å². The monoisotopic (exact) mass is 384 g/mol. The molecule has 0 spiro atoms. The summed E-state index contributed by atoms with van der Waals surface area (Å²) in [5.74, 6) is 0. The minimum Gasteiger partial charge on any atom is -0.192 e. The van der Waals surface area contributed by atoms with Crippen LogP contribution in [-0.4, -0.2) is 0 Å². The van der Waals surface area contributed by atoms with Crippen molar-refractivity contribution in [3.05, 3.63) is 62.0 Å². The highest BCUT2D eigenvalue weighted by Gasteiger charge is 2.26. The van der Waals surface area contributed by atoms with Gasteiger partial charge >= 0.3 is 0 Å². The molecule has 1 aliphatic carbocycles. The number of allylic oxidation sites excluding steroid dienone is 1. The highest BCUT2D eigenvalue weighted by molar-refractivity contribution is 9.10. The molecule has 0 aliphatic heterocycles. The van der Waals surface area contributed by atoms with E-state index in [1.165, 1.54) is 0 Å². The molecule has 0 heterocycles. The van der Waals surface area contributed by atoms with Gasteiger partial charge in [-0.2, -0.15) is 10.5 Å². The largest absolute Gasteiger partial charge is 0.192 e. The number of nitriles is 2. The van der Waals surface area contributed by atoms with E-state index < -0.39 is 0 Å². The van der Waals surface area contributed by atoms with Gasteiger partial charge < -0.3 is 0 Å². The van der Waals surface area contributed by atoms with Gasteiger partial charge in [0, 0.05) is 14.5 Å². The van der Waals surface area contributed by atoms with E-state index in [1.54, 1.807) is 0 Å². The molecule has 0 aromatic heterocycles. The van der Waals surface area contributed by atoms with Crippen molar-refractivity contribution in [3.63, 3.8) is 0 Å². The minimum atomic E-state index is 0.140. The number of nitrogens with zero attached hydrogens (tertiary/aromatic N) is 2. The van der Waals surface area contributed by atoms with Crippen molar-refractivity contribution in [3.8, 4) is 23.3 Å². The zero-order chi connectivity index (χ0) is 14.3. The van der Waals surface area contributed by atoms with Crippen molar-refractivity contribution < 1.29 is 0 Å². The molecule has 0 saturated heterocycles. The van der Waals surface area contributed by atoms with Crippen LogP contribution in [0.4, 0.5) is 0 Å². The molecule has 0 bridgehead atoms. The summed E-state index contributed by atoms with van der Waals surface area (Å²) in [6.45, 7) is 0. The summed E-state index contributed by atoms with van der Waals surface area (Å²) in [6, 6.07) is 15.8. The highest BCUT2D eigenvalue weighted by atomic mass is 79.9. The minimum absolute atomic E-state index is 0.140. The van der Waals surface area contributed by atoms with Crippen LogP contribution in [0.15, 0.2) is 50.9 Å². The third-order valence-corrected chi connectivity index (χ3v) is 4.25. The van der Waals surface area contributed by atoms with E-state index in [9.17, 15) is 10.5 Å². The van der Waals surface area contributed by atoms with Crippen molar-refractivity contribution in [1.29, 1.82) is 10.5 Å². The second-order valence-corrected chi connectivity index (χ2v) is 6.18. The molecule has 20 heavy (non-hydrogen) atoms. The molecule has 4 heteroatoms. The van der Waals surface area contributed by atoms with E-state index >= 15 is 0 Å². The summed E-state index contributed by atoms with van der Waals surface area (Å²) in [5, 5.41) is 18.4. The topological polar surface area (TPSA) is 47.6 Å². The van der Waals surface area contributed by atoms with Gasteiger partial charge in [0.2, 0.25) is 0 Å². The summed E-state index contributed by atoms with van der Waals surface area (Å²) in [4.78, 5) is 0. The van der Waals surface area contributed by atoms with Crippen LogP contribution in [0.5, 0.6) is 0 Å². The van der Waals surface area contributed by atoms with Crippen LogP contribution >= 0.6 is 31.9 Å². The van der Waals surface area contributed by atoms with Gasteiger partial charge in [-0.25, -0.2) is 0 Å². The Hall–Kier alpha value is -1.88. The van der Waals surface area contributed by atoms with Gasteiger partial charge in [0.05, 0.1) is 0 Å². The average molecular weight is 386 g/mol. The SMILES string of the molecule is N#CC(C#N)=C1c2cc(Br)ccc2-c2ccc(Br)cc21. The normalized spacial score (nSPS) is 11.3. The molecule has 0 amide bonds. The predicted octanol–water partition coefficient (Wildman–Crippen LogP) is 5.04. The molecular weight excluding hydrogens is 380 g/mol. The molecule has 0 unspecified atom stereocenters. The third kappa shape index (κ3) is 1.89. The van der Waals surface area contributed by atoms with Crippen molar-refractivity contribution in [2.24, 2.45) is 0 Å². The summed E-state index contributed by atoms with van der Waals surface area (Å²) in [6.07, 6.45) is 0. The predicted molar refractivity (Wildman–Crippen MR) is 84.5 cm³/mol. The smallest absolute Gasteiger partial charge is 0.138 e. The quantitative estimate of drug-likeness (QED) is 0.509. The van der Waals surface area contributed by atoms with Crippen LogP contribution in [0.3, 0.4) is 0 Å². The molecule has 0 saturated carbocycles. The average Bonchev–Trinajstić information content (AvgIpc) is 2.74. The molecule has 94 valence electrons. The van der Waals surface area contributed by atoms with Crippen LogP contribution in [-0.2, 0) is 0 Å². The maximum atomic E-state index is 9.22. The van der Waals surface area contributed by atoms with Crippen molar-refractivity contribution in [2.75, 3.05) is 0 Å². The fraction of sp³-hybridized carbons (Fsp3) is 0. The number of fused-ring (bicyclic) bond motifs is 3. The lowest BCUT2D eigenvalue weighted by atomic mass is 9.99. The van der Waals surface area contributed by atoms with Gasteiger partial charge in [0.15, 0.2) is 0 Å². The van der Waals surface area contributed by atoms with Crippen LogP contribution in [0.25, 0.3) is 16.7 Å². The first kappa shape index (κ1) is 13.1. The molecule has 2 aromatic rings. The van der Waals surface area contributed by atoms with Gasteiger partial charge in [-0.3, -0.25) is 0 Å². The summed E-state index contributed by atoms with van der Waals surface area (Å²) in [5.41, 5.74) is 4.79. The molecule has 0 fully saturated rings. The Morgan fingerprint density at radius 1 is 0.750 bits per heavy atom. The Kier molecular flexibility index (Phi) is 3.22. The molecule has 1 aliphatic rings. The van der Waals surface area contributed by atoms with Crippen LogP contribution < -0.4 is 0 Å². The van der Waals surface area contributed by atoms with Gasteiger partial charge in [-0.15, -0.1) is 0 Å². The molecule has 3 rings (SSSR count). The highest BCUT2D eigenvalue weighted by Crippen LogP contribution is 2.47. The third-order valence-electron chi connectivity index (χ3n) is 3.27. The first-order valence-electron chi connectivity index (χ1n) is 5.80. The maximum absolute atomic E-state index is 9.22. The molecule has 2 nitrogen and oxygen atoms in total. The first-order valence-corrected chi connectivity index (χ1v) is 7.39. The second kappa shape index (κ2) is 4.90. The summed E-state index contributed by atoms with van der Waals surface area (Å²) >= 11 is 6.89. The Morgan fingerprint density at radius 2 is 1.20 bits per heavy atom. The zero-order valence-electron chi connectivity index (χ0n) is 10.1. The fourth-order valence-corrected chi connectivity index (χ4v) is 3.19. The van der Waals surface area contributed by atoms with E-state index in [1.807, 2.05) is 48.5 Å². The maximum Gasteiger partial charge on any atom is 0.138 e. The molecule has 0 radical (unpaired) electrons. The van der Waals surface area contributed by atoms with Crippen LogP contribution in [0.2, 0.25) is 0 Å². The lowest BCUT2D eigenvalue weighted by Gasteiger charge is -2.03. The van der Waals surface area contributed by atoms with Crippen LogP contribution in [0.1, 0.15) is 11.1 Å². The summed E-state index contributed by atoms with van der Waals surface area (Å²) < 4.78 is 1.85. The van der Waals surface area contributed by atoms with Crippen molar-refractivity contribution in [2.45, 2.75) is 0 Å². The Labute approximate surface area is 133 Å². The number of hydrogen-bond donors (Lipinski definition) is 0. The lowest BCUT2D eigenvalue weighted by Crippen LogP contribution is -1.87. The first-order chi connectivity index (χ1) is 9.65. The van der Waals surface area contributed by atoms with Crippen molar-refractivity contribution >= 4 is 37.4 Å². The van der Waals surface area contributed by atoms with E-state index in [0.29, 0.717) is 5.57 Å². The summed E-state index contributed by atoms with van der Waals surface area (Å²) in [7, 11) is 0. The van der Waals surface area contributed by atoms with Crippen molar-refractivity contribution in [1.82, 2.24) is 0 Å².